The fraction of sp³-hybridized carbons (Fsp3) is 0.333. The van der Waals surface area contributed by atoms with Gasteiger partial charge in [0, 0.05) is 18.1 Å². The van der Waals surface area contributed by atoms with Gasteiger partial charge in [-0.15, -0.1) is 0 Å². The number of benzene rings is 1. The highest BCUT2D eigenvalue weighted by Crippen LogP contribution is 2.24. The van der Waals surface area contributed by atoms with Crippen molar-refractivity contribution < 1.29 is 4.79 Å². The molecule has 1 N–H and O–H groups in total. The van der Waals surface area contributed by atoms with Gasteiger partial charge in [-0.2, -0.15) is 5.10 Å². The van der Waals surface area contributed by atoms with Gasteiger partial charge < -0.3 is 5.32 Å². The number of nitrogens with zero attached hydrogens (tertiary/aromatic N) is 2. The number of nitrogens with one attached hydrogen (secondary N) is 1. The van der Waals surface area contributed by atoms with Gasteiger partial charge in [0.25, 0.3) is 0 Å². The largest absolute Gasteiger partial charge is 0.324 e. The number of carbonyl (C=O) groups is 1. The van der Waals surface area contributed by atoms with E-state index >= 15 is 0 Å². The second kappa shape index (κ2) is 5.69. The monoisotopic (exact) mass is 257 g/mol. The smallest absolute Gasteiger partial charge is 0.248 e. The lowest BCUT2D eigenvalue weighted by molar-refractivity contribution is -0.119. The zero-order valence-corrected chi connectivity index (χ0v) is 11.5. The summed E-state index contributed by atoms with van der Waals surface area (Å²) in [6.07, 6.45) is 3.46. The van der Waals surface area contributed by atoms with Gasteiger partial charge >= 0.3 is 0 Å². The number of hydrogen-bond donors (Lipinski definition) is 1. The maximum Gasteiger partial charge on any atom is 0.248 e. The SMILES string of the molecule is CC(C)c1ccccc1NC(=O)C(C)n1cccn1. The average Bonchev–Trinajstić information content (AvgIpc) is 2.92. The van der Waals surface area contributed by atoms with Crippen LogP contribution in [0, 0.1) is 0 Å². The van der Waals surface area contributed by atoms with E-state index in [4.69, 9.17) is 0 Å². The summed E-state index contributed by atoms with van der Waals surface area (Å²) >= 11 is 0. The Hall–Kier alpha value is -2.10. The molecule has 1 aromatic carbocycles. The third-order valence-electron chi connectivity index (χ3n) is 3.14. The standard InChI is InChI=1S/C15H19N3O/c1-11(2)13-7-4-5-8-14(13)17-15(19)12(3)18-10-6-9-16-18/h4-12H,1-3H3,(H,17,19). The molecule has 0 saturated heterocycles. The molecule has 1 unspecified atom stereocenters. The van der Waals surface area contributed by atoms with E-state index in [0.29, 0.717) is 5.92 Å². The van der Waals surface area contributed by atoms with E-state index in [-0.39, 0.29) is 11.9 Å². The predicted octanol–water partition coefficient (Wildman–Crippen LogP) is 3.21. The minimum Gasteiger partial charge on any atom is -0.324 e. The summed E-state index contributed by atoms with van der Waals surface area (Å²) in [5.41, 5.74) is 2.02. The van der Waals surface area contributed by atoms with Crippen molar-refractivity contribution in [2.75, 3.05) is 5.32 Å². The highest BCUT2D eigenvalue weighted by Gasteiger charge is 2.16. The van der Waals surface area contributed by atoms with Crippen molar-refractivity contribution in [2.45, 2.75) is 32.7 Å². The van der Waals surface area contributed by atoms with Crippen LogP contribution < -0.4 is 5.32 Å². The summed E-state index contributed by atoms with van der Waals surface area (Å²) in [4.78, 5) is 12.2. The Morgan fingerprint density at radius 2 is 1.95 bits per heavy atom. The number of amides is 1. The molecule has 4 heteroatoms. The molecule has 2 aromatic rings. The molecule has 0 bridgehead atoms. The molecule has 0 spiro atoms. The van der Waals surface area contributed by atoms with Crippen molar-refractivity contribution in [2.24, 2.45) is 0 Å². The van der Waals surface area contributed by atoms with Gasteiger partial charge in [0.15, 0.2) is 0 Å². The van der Waals surface area contributed by atoms with Crippen LogP contribution in [0.15, 0.2) is 42.7 Å². The molecule has 1 heterocycles. The van der Waals surface area contributed by atoms with Crippen molar-refractivity contribution in [3.05, 3.63) is 48.3 Å². The van der Waals surface area contributed by atoms with Crippen LogP contribution >= 0.6 is 0 Å². The summed E-state index contributed by atoms with van der Waals surface area (Å²) < 4.78 is 1.65. The quantitative estimate of drug-likeness (QED) is 0.914. The minimum atomic E-state index is -0.324. The molecule has 0 aliphatic rings. The van der Waals surface area contributed by atoms with Gasteiger partial charge in [-0.25, -0.2) is 0 Å². The van der Waals surface area contributed by atoms with Crippen molar-refractivity contribution in [1.29, 1.82) is 0 Å². The third-order valence-corrected chi connectivity index (χ3v) is 3.14. The lowest BCUT2D eigenvalue weighted by Crippen LogP contribution is -2.24. The number of para-hydroxylation sites is 1. The minimum absolute atomic E-state index is 0.0585. The fourth-order valence-electron chi connectivity index (χ4n) is 1.98. The van der Waals surface area contributed by atoms with Crippen molar-refractivity contribution in [1.82, 2.24) is 9.78 Å². The number of rotatable bonds is 4. The van der Waals surface area contributed by atoms with E-state index in [1.165, 1.54) is 0 Å². The lowest BCUT2D eigenvalue weighted by atomic mass is 10.0. The number of anilines is 1. The van der Waals surface area contributed by atoms with Gasteiger partial charge in [-0.3, -0.25) is 9.48 Å². The first-order chi connectivity index (χ1) is 9.09. The Labute approximate surface area is 113 Å². The normalized spacial score (nSPS) is 12.4. The maximum atomic E-state index is 12.2. The molecule has 0 radical (unpaired) electrons. The van der Waals surface area contributed by atoms with Crippen LogP contribution in [-0.2, 0) is 4.79 Å². The van der Waals surface area contributed by atoms with E-state index in [0.717, 1.165) is 11.3 Å². The van der Waals surface area contributed by atoms with E-state index < -0.39 is 0 Å². The Bertz CT molecular complexity index is 546. The fourth-order valence-corrected chi connectivity index (χ4v) is 1.98. The van der Waals surface area contributed by atoms with Crippen LogP contribution in [0.2, 0.25) is 0 Å². The Balaban J connectivity index is 2.15. The molecule has 1 atom stereocenters. The molecule has 2 rings (SSSR count). The van der Waals surface area contributed by atoms with Crippen LogP contribution in [0.5, 0.6) is 0 Å². The van der Waals surface area contributed by atoms with Crippen LogP contribution in [0.4, 0.5) is 5.69 Å². The Morgan fingerprint density at radius 1 is 1.21 bits per heavy atom. The number of hydrogen-bond acceptors (Lipinski definition) is 2. The lowest BCUT2D eigenvalue weighted by Gasteiger charge is -2.16. The molecule has 0 aliphatic carbocycles. The van der Waals surface area contributed by atoms with Crippen molar-refractivity contribution in [3.8, 4) is 0 Å². The van der Waals surface area contributed by atoms with Gasteiger partial charge in [-0.05, 0) is 30.5 Å². The molecule has 1 aromatic heterocycles. The van der Waals surface area contributed by atoms with Crippen LogP contribution in [0.3, 0.4) is 0 Å². The maximum absolute atomic E-state index is 12.2. The van der Waals surface area contributed by atoms with Crippen LogP contribution in [0.1, 0.15) is 38.3 Å². The molecule has 1 amide bonds. The molecular formula is C15H19N3O. The highest BCUT2D eigenvalue weighted by atomic mass is 16.2. The second-order valence-electron chi connectivity index (χ2n) is 4.89. The van der Waals surface area contributed by atoms with Gasteiger partial charge in [0.1, 0.15) is 6.04 Å². The Morgan fingerprint density at radius 3 is 2.58 bits per heavy atom. The van der Waals surface area contributed by atoms with Gasteiger partial charge in [0.2, 0.25) is 5.91 Å². The van der Waals surface area contributed by atoms with Crippen LogP contribution in [-0.4, -0.2) is 15.7 Å². The molecule has 100 valence electrons. The summed E-state index contributed by atoms with van der Waals surface area (Å²) in [5, 5.41) is 7.07. The first kappa shape index (κ1) is 13.3. The molecule has 0 saturated carbocycles. The topological polar surface area (TPSA) is 46.9 Å². The van der Waals surface area contributed by atoms with E-state index in [2.05, 4.69) is 24.3 Å². The highest BCUT2D eigenvalue weighted by molar-refractivity contribution is 5.94. The Kier molecular flexibility index (Phi) is 4.00. The third kappa shape index (κ3) is 3.02. The average molecular weight is 257 g/mol. The number of carbonyl (C=O) groups excluding carboxylic acids is 1. The van der Waals surface area contributed by atoms with Crippen LogP contribution in [0.25, 0.3) is 0 Å². The zero-order valence-electron chi connectivity index (χ0n) is 11.5. The molecule has 19 heavy (non-hydrogen) atoms. The summed E-state index contributed by atoms with van der Waals surface area (Å²) in [6, 6.07) is 9.38. The zero-order chi connectivity index (χ0) is 13.8. The molecule has 4 nitrogen and oxygen atoms in total. The van der Waals surface area contributed by atoms with E-state index in [9.17, 15) is 4.79 Å². The van der Waals surface area contributed by atoms with Gasteiger partial charge in [-0.1, -0.05) is 32.0 Å². The van der Waals surface area contributed by atoms with Crippen molar-refractivity contribution >= 4 is 11.6 Å². The van der Waals surface area contributed by atoms with Crippen molar-refractivity contribution in [3.63, 3.8) is 0 Å². The van der Waals surface area contributed by atoms with E-state index in [1.54, 1.807) is 17.1 Å². The number of aromatic nitrogens is 2. The molecule has 0 fully saturated rings. The first-order valence-corrected chi connectivity index (χ1v) is 6.48. The second-order valence-corrected chi connectivity index (χ2v) is 4.89. The summed E-state index contributed by atoms with van der Waals surface area (Å²) in [7, 11) is 0. The summed E-state index contributed by atoms with van der Waals surface area (Å²) in [6.45, 7) is 6.06. The predicted molar refractivity (Wildman–Crippen MR) is 76.1 cm³/mol. The van der Waals surface area contributed by atoms with Gasteiger partial charge in [0.05, 0.1) is 0 Å². The van der Waals surface area contributed by atoms with E-state index in [1.807, 2.05) is 37.3 Å². The first-order valence-electron chi connectivity index (χ1n) is 6.48. The summed E-state index contributed by atoms with van der Waals surface area (Å²) in [5.74, 6) is 0.313. The molecular weight excluding hydrogens is 238 g/mol. The molecule has 0 aliphatic heterocycles.